The van der Waals surface area contributed by atoms with Crippen LogP contribution in [0.15, 0.2) is 11.3 Å². The van der Waals surface area contributed by atoms with Crippen molar-refractivity contribution in [2.75, 3.05) is 12.8 Å². The minimum Gasteiger partial charge on any atom is -0.498 e. The van der Waals surface area contributed by atoms with Crippen LogP contribution in [0, 0.1) is 17.2 Å². The molecule has 0 bridgehead atoms. The van der Waals surface area contributed by atoms with Crippen molar-refractivity contribution in [3.63, 3.8) is 0 Å². The fraction of sp³-hybridized carbons (Fsp3) is 0.786. The van der Waals surface area contributed by atoms with Gasteiger partial charge in [-0.1, -0.05) is 27.2 Å². The summed E-state index contributed by atoms with van der Waals surface area (Å²) in [4.78, 5) is 0. The molecular weight excluding hydrogens is 229 g/mol. The smallest absolute Gasteiger partial charge is 0.0979 e. The molecule has 0 aromatic carbocycles. The number of ether oxygens (including phenoxy) is 1. The summed E-state index contributed by atoms with van der Waals surface area (Å²) in [5.41, 5.74) is 0.963. The summed E-state index contributed by atoms with van der Waals surface area (Å²) in [5.74, 6) is 2.42. The number of nitrogens with one attached hydrogen (secondary N) is 1. The number of rotatable bonds is 9. The van der Waals surface area contributed by atoms with Crippen molar-refractivity contribution >= 4 is 15.5 Å². The molecule has 0 saturated heterocycles. The van der Waals surface area contributed by atoms with Crippen molar-refractivity contribution in [2.45, 2.75) is 47.0 Å². The zero-order valence-corrected chi connectivity index (χ0v) is 12.9. The average Bonchev–Trinajstić information content (AvgIpc) is 2.30. The Kier molecular flexibility index (Phi) is 9.44. The Labute approximate surface area is 109 Å². The molecule has 0 spiro atoms. The standard InChI is InChI=1S/C14H28NOP/c1-5-11(2)8-12(3)6-7-16-13(4)14(9-15)10-17/h9,11-12,15H,5-8,10,17H2,1-4H3/b14-13-,15-9?. The van der Waals surface area contributed by atoms with Gasteiger partial charge in [0.15, 0.2) is 0 Å². The minimum absolute atomic E-state index is 0.720. The van der Waals surface area contributed by atoms with Crippen LogP contribution in [-0.2, 0) is 4.74 Å². The molecule has 0 heterocycles. The first-order valence-electron chi connectivity index (χ1n) is 6.58. The van der Waals surface area contributed by atoms with Gasteiger partial charge in [-0.25, -0.2) is 0 Å². The fourth-order valence-electron chi connectivity index (χ4n) is 1.78. The molecule has 3 unspecified atom stereocenters. The van der Waals surface area contributed by atoms with E-state index in [1.165, 1.54) is 19.1 Å². The minimum atomic E-state index is 0.720. The summed E-state index contributed by atoms with van der Waals surface area (Å²) < 4.78 is 5.69. The molecule has 0 aliphatic heterocycles. The highest BCUT2D eigenvalue weighted by Crippen LogP contribution is 2.18. The van der Waals surface area contributed by atoms with Crippen molar-refractivity contribution < 1.29 is 4.74 Å². The Hall–Kier alpha value is -0.360. The van der Waals surface area contributed by atoms with E-state index in [2.05, 4.69) is 30.0 Å². The van der Waals surface area contributed by atoms with Gasteiger partial charge in [0, 0.05) is 11.8 Å². The maximum absolute atomic E-state index is 7.25. The summed E-state index contributed by atoms with van der Waals surface area (Å²) in [6.45, 7) is 9.57. The zero-order valence-electron chi connectivity index (χ0n) is 11.8. The van der Waals surface area contributed by atoms with Crippen LogP contribution in [0.3, 0.4) is 0 Å². The Morgan fingerprint density at radius 1 is 1.35 bits per heavy atom. The average molecular weight is 257 g/mol. The van der Waals surface area contributed by atoms with Crippen LogP contribution in [0.4, 0.5) is 0 Å². The van der Waals surface area contributed by atoms with Gasteiger partial charge in [-0.2, -0.15) is 0 Å². The van der Waals surface area contributed by atoms with Crippen LogP contribution < -0.4 is 0 Å². The van der Waals surface area contributed by atoms with E-state index >= 15 is 0 Å². The van der Waals surface area contributed by atoms with Crippen molar-refractivity contribution in [1.29, 1.82) is 5.41 Å². The lowest BCUT2D eigenvalue weighted by atomic mass is 9.93. The number of hydrogen-bond acceptors (Lipinski definition) is 2. The lowest BCUT2D eigenvalue weighted by Crippen LogP contribution is -2.06. The molecule has 0 rings (SSSR count). The third-order valence-corrected chi connectivity index (χ3v) is 3.72. The third-order valence-electron chi connectivity index (χ3n) is 3.28. The van der Waals surface area contributed by atoms with Crippen LogP contribution in [0.5, 0.6) is 0 Å². The van der Waals surface area contributed by atoms with E-state index in [1.807, 2.05) is 6.92 Å². The first kappa shape index (κ1) is 16.6. The molecule has 0 aliphatic carbocycles. The van der Waals surface area contributed by atoms with Gasteiger partial charge in [-0.3, -0.25) is 0 Å². The van der Waals surface area contributed by atoms with Crippen LogP contribution in [0.25, 0.3) is 0 Å². The normalized spacial score (nSPS) is 16.1. The SMILES string of the molecule is CCC(C)CC(C)CCO/C(C)=C(/C=N)CP. The topological polar surface area (TPSA) is 33.1 Å². The molecule has 2 nitrogen and oxygen atoms in total. The molecule has 1 N–H and O–H groups in total. The van der Waals surface area contributed by atoms with E-state index in [0.717, 1.165) is 42.4 Å². The maximum Gasteiger partial charge on any atom is 0.0979 e. The van der Waals surface area contributed by atoms with E-state index in [-0.39, 0.29) is 0 Å². The van der Waals surface area contributed by atoms with Gasteiger partial charge < -0.3 is 10.1 Å². The van der Waals surface area contributed by atoms with Crippen molar-refractivity contribution in [1.82, 2.24) is 0 Å². The first-order valence-corrected chi connectivity index (χ1v) is 7.39. The van der Waals surface area contributed by atoms with Gasteiger partial charge in [0.25, 0.3) is 0 Å². The highest BCUT2D eigenvalue weighted by atomic mass is 31.0. The molecule has 0 amide bonds. The van der Waals surface area contributed by atoms with Crippen molar-refractivity contribution in [2.24, 2.45) is 11.8 Å². The predicted molar refractivity (Wildman–Crippen MR) is 79.9 cm³/mol. The highest BCUT2D eigenvalue weighted by molar-refractivity contribution is 7.17. The highest BCUT2D eigenvalue weighted by Gasteiger charge is 2.07. The molecule has 0 aromatic rings. The number of hydrogen-bond donors (Lipinski definition) is 1. The summed E-state index contributed by atoms with van der Waals surface area (Å²) in [5, 5.41) is 7.25. The van der Waals surface area contributed by atoms with E-state index in [4.69, 9.17) is 10.1 Å². The van der Waals surface area contributed by atoms with E-state index in [1.54, 1.807) is 0 Å². The molecular formula is C14H28NOP. The molecule has 0 radical (unpaired) electrons. The van der Waals surface area contributed by atoms with Crippen LogP contribution >= 0.6 is 9.24 Å². The third kappa shape index (κ3) is 7.54. The van der Waals surface area contributed by atoms with Crippen molar-refractivity contribution in [3.8, 4) is 0 Å². The molecule has 0 fully saturated rings. The molecule has 3 atom stereocenters. The van der Waals surface area contributed by atoms with Crippen LogP contribution in [0.2, 0.25) is 0 Å². The van der Waals surface area contributed by atoms with E-state index < -0.39 is 0 Å². The summed E-state index contributed by atoms with van der Waals surface area (Å²) in [6, 6.07) is 0. The second-order valence-corrected chi connectivity index (χ2v) is 5.33. The van der Waals surface area contributed by atoms with E-state index in [0.29, 0.717) is 0 Å². The van der Waals surface area contributed by atoms with Crippen LogP contribution in [-0.4, -0.2) is 19.0 Å². The predicted octanol–water partition coefficient (Wildman–Crippen LogP) is 4.26. The molecule has 0 aliphatic rings. The number of allylic oxidation sites excluding steroid dienone is 2. The summed E-state index contributed by atoms with van der Waals surface area (Å²) in [7, 11) is 2.63. The lowest BCUT2D eigenvalue weighted by molar-refractivity contribution is 0.186. The van der Waals surface area contributed by atoms with Gasteiger partial charge in [0.2, 0.25) is 0 Å². The largest absolute Gasteiger partial charge is 0.498 e. The Bertz CT molecular complexity index is 251. The van der Waals surface area contributed by atoms with E-state index in [9.17, 15) is 0 Å². The second kappa shape index (κ2) is 9.65. The van der Waals surface area contributed by atoms with Gasteiger partial charge in [0.1, 0.15) is 0 Å². The lowest BCUT2D eigenvalue weighted by Gasteiger charge is -2.16. The molecule has 0 saturated carbocycles. The maximum atomic E-state index is 7.25. The zero-order chi connectivity index (χ0) is 13.3. The van der Waals surface area contributed by atoms with Gasteiger partial charge in [-0.15, -0.1) is 9.24 Å². The molecule has 17 heavy (non-hydrogen) atoms. The Morgan fingerprint density at radius 2 is 2.00 bits per heavy atom. The summed E-state index contributed by atoms with van der Waals surface area (Å²) >= 11 is 0. The van der Waals surface area contributed by atoms with Gasteiger partial charge in [0.05, 0.1) is 12.4 Å². The first-order chi connectivity index (χ1) is 8.04. The molecule has 3 heteroatoms. The van der Waals surface area contributed by atoms with Gasteiger partial charge >= 0.3 is 0 Å². The summed E-state index contributed by atoms with van der Waals surface area (Å²) in [6.07, 6.45) is 5.81. The monoisotopic (exact) mass is 257 g/mol. The second-order valence-electron chi connectivity index (χ2n) is 4.92. The quantitative estimate of drug-likeness (QED) is 0.373. The van der Waals surface area contributed by atoms with Crippen molar-refractivity contribution in [3.05, 3.63) is 11.3 Å². The molecule has 100 valence electrons. The molecule has 0 aromatic heterocycles. The Morgan fingerprint density at radius 3 is 2.47 bits per heavy atom. The Balaban J connectivity index is 3.90. The fourth-order valence-corrected chi connectivity index (χ4v) is 2.19. The van der Waals surface area contributed by atoms with Gasteiger partial charge in [-0.05, 0) is 37.8 Å². The van der Waals surface area contributed by atoms with Crippen LogP contribution in [0.1, 0.15) is 47.0 Å².